The van der Waals surface area contributed by atoms with Crippen LogP contribution in [0.15, 0.2) is 13.6 Å². The summed E-state index contributed by atoms with van der Waals surface area (Å²) in [7, 11) is 0. The normalized spacial score (nSPS) is 19.5. The highest BCUT2D eigenvalue weighted by Gasteiger charge is 2.31. The molecule has 2 rings (SSSR count). The molecule has 0 spiro atoms. The maximum atomic E-state index is 12.5. The lowest BCUT2D eigenvalue weighted by Crippen LogP contribution is -2.49. The maximum Gasteiger partial charge on any atom is 0.305 e. The number of ether oxygens (including phenoxy) is 1. The Morgan fingerprint density at radius 3 is 2.84 bits per heavy atom. The van der Waals surface area contributed by atoms with Crippen LogP contribution in [-0.2, 0) is 9.53 Å². The van der Waals surface area contributed by atoms with Gasteiger partial charge in [0.25, 0.3) is 5.91 Å². The number of aliphatic carboxylic acids is 1. The van der Waals surface area contributed by atoms with Crippen LogP contribution < -0.4 is 0 Å². The monoisotopic (exact) mass is 411 g/mol. The van der Waals surface area contributed by atoms with Gasteiger partial charge in [0.15, 0.2) is 0 Å². The van der Waals surface area contributed by atoms with E-state index >= 15 is 0 Å². The number of morpholine rings is 1. The molecule has 5 nitrogen and oxygen atoms in total. The minimum Gasteiger partial charge on any atom is -0.481 e. The summed E-state index contributed by atoms with van der Waals surface area (Å²) in [5.41, 5.74) is 0.550. The maximum absolute atomic E-state index is 12.5. The Balaban J connectivity index is 2.19. The molecule has 1 atom stereocenters. The standard InChI is InChI=1S/C11H11Br2NO4S/c12-8-4-7(10(13)19-8)11(17)14-1-2-18-5-6(14)3-9(15)16/h4,6H,1-3,5H2,(H,15,16). The van der Waals surface area contributed by atoms with Crippen LogP contribution in [-0.4, -0.2) is 47.7 Å². The van der Waals surface area contributed by atoms with Crippen molar-refractivity contribution in [1.29, 1.82) is 0 Å². The Morgan fingerprint density at radius 2 is 2.26 bits per heavy atom. The zero-order valence-corrected chi connectivity index (χ0v) is 13.8. The van der Waals surface area contributed by atoms with Crippen molar-refractivity contribution in [3.63, 3.8) is 0 Å². The van der Waals surface area contributed by atoms with Crippen LogP contribution in [0.5, 0.6) is 0 Å². The summed E-state index contributed by atoms with van der Waals surface area (Å²) in [6, 6.07) is 1.33. The zero-order valence-electron chi connectivity index (χ0n) is 9.77. The molecule has 1 N–H and O–H groups in total. The van der Waals surface area contributed by atoms with Gasteiger partial charge >= 0.3 is 5.97 Å². The first-order valence-electron chi connectivity index (χ1n) is 5.54. The van der Waals surface area contributed by atoms with Crippen molar-refractivity contribution in [2.75, 3.05) is 19.8 Å². The summed E-state index contributed by atoms with van der Waals surface area (Å²) < 4.78 is 6.85. The molecular weight excluding hydrogens is 402 g/mol. The number of halogens is 2. The van der Waals surface area contributed by atoms with Gasteiger partial charge in [-0.3, -0.25) is 9.59 Å². The van der Waals surface area contributed by atoms with E-state index in [0.29, 0.717) is 18.7 Å². The Labute approximate surface area is 130 Å². The fraction of sp³-hybridized carbons (Fsp3) is 0.455. The molecule has 0 aromatic carbocycles. The lowest BCUT2D eigenvalue weighted by molar-refractivity contribution is -0.139. The van der Waals surface area contributed by atoms with Crippen molar-refractivity contribution in [3.05, 3.63) is 19.2 Å². The Morgan fingerprint density at radius 1 is 1.53 bits per heavy atom. The second kappa shape index (κ2) is 6.34. The molecular formula is C11H11Br2NO4S. The van der Waals surface area contributed by atoms with E-state index < -0.39 is 12.0 Å². The van der Waals surface area contributed by atoms with E-state index in [2.05, 4.69) is 31.9 Å². The van der Waals surface area contributed by atoms with Gasteiger partial charge in [-0.05, 0) is 37.9 Å². The van der Waals surface area contributed by atoms with Gasteiger partial charge in [0, 0.05) is 6.54 Å². The van der Waals surface area contributed by atoms with Crippen molar-refractivity contribution < 1.29 is 19.4 Å². The molecule has 1 aromatic heterocycles. The number of rotatable bonds is 3. The fourth-order valence-corrected chi connectivity index (χ4v) is 4.71. The zero-order chi connectivity index (χ0) is 14.0. The molecule has 1 aliphatic heterocycles. The van der Waals surface area contributed by atoms with Crippen LogP contribution in [0.4, 0.5) is 0 Å². The second-order valence-corrected chi connectivity index (χ2v) is 7.81. The molecule has 0 aliphatic carbocycles. The van der Waals surface area contributed by atoms with Gasteiger partial charge in [-0.15, -0.1) is 11.3 Å². The predicted octanol–water partition coefficient (Wildman–Crippen LogP) is 2.59. The number of thiophene rings is 1. The first-order valence-corrected chi connectivity index (χ1v) is 7.94. The predicted molar refractivity (Wildman–Crippen MR) is 77.6 cm³/mol. The van der Waals surface area contributed by atoms with E-state index in [9.17, 15) is 9.59 Å². The Hall–Kier alpha value is -0.440. The Kier molecular flexibility index (Phi) is 4.99. The molecule has 1 unspecified atom stereocenters. The van der Waals surface area contributed by atoms with Gasteiger partial charge in [0.05, 0.1) is 38.8 Å². The van der Waals surface area contributed by atoms with Crippen LogP contribution in [0, 0.1) is 0 Å². The summed E-state index contributed by atoms with van der Waals surface area (Å²) in [6.45, 7) is 1.11. The summed E-state index contributed by atoms with van der Waals surface area (Å²) >= 11 is 8.09. The molecule has 8 heteroatoms. The number of carbonyl (C=O) groups is 2. The van der Waals surface area contributed by atoms with Gasteiger partial charge in [-0.1, -0.05) is 0 Å². The molecule has 1 amide bonds. The topological polar surface area (TPSA) is 66.8 Å². The Bertz CT molecular complexity index is 505. The number of carboxylic acid groups (broad SMARTS) is 1. The quantitative estimate of drug-likeness (QED) is 0.828. The van der Waals surface area contributed by atoms with Crippen molar-refractivity contribution in [1.82, 2.24) is 4.90 Å². The molecule has 0 saturated carbocycles. The molecule has 1 aromatic rings. The number of nitrogens with zero attached hydrogens (tertiary/aromatic N) is 1. The molecule has 104 valence electrons. The average molecular weight is 413 g/mol. The van der Waals surface area contributed by atoms with Gasteiger partial charge in [0.1, 0.15) is 0 Å². The third-order valence-electron chi connectivity index (χ3n) is 2.79. The minimum atomic E-state index is -0.932. The number of carboxylic acids is 1. The average Bonchev–Trinajstić information content (AvgIpc) is 2.67. The van der Waals surface area contributed by atoms with Gasteiger partial charge in [-0.25, -0.2) is 0 Å². The molecule has 1 saturated heterocycles. The lowest BCUT2D eigenvalue weighted by atomic mass is 10.1. The smallest absolute Gasteiger partial charge is 0.305 e. The molecule has 19 heavy (non-hydrogen) atoms. The molecule has 1 aliphatic rings. The molecule has 1 fully saturated rings. The largest absolute Gasteiger partial charge is 0.481 e. The van der Waals surface area contributed by atoms with Crippen molar-refractivity contribution in [2.45, 2.75) is 12.5 Å². The molecule has 0 bridgehead atoms. The third kappa shape index (κ3) is 3.56. The summed E-state index contributed by atoms with van der Waals surface area (Å²) in [5.74, 6) is -1.10. The number of amides is 1. The minimum absolute atomic E-state index is 0.103. The van der Waals surface area contributed by atoms with Crippen LogP contribution in [0.3, 0.4) is 0 Å². The summed E-state index contributed by atoms with van der Waals surface area (Å²) in [6.07, 6.45) is -0.103. The second-order valence-electron chi connectivity index (χ2n) is 4.06. The molecule has 0 radical (unpaired) electrons. The van der Waals surface area contributed by atoms with Crippen LogP contribution in [0.1, 0.15) is 16.8 Å². The van der Waals surface area contributed by atoms with E-state index in [-0.39, 0.29) is 18.9 Å². The van der Waals surface area contributed by atoms with Crippen LogP contribution in [0.25, 0.3) is 0 Å². The lowest BCUT2D eigenvalue weighted by Gasteiger charge is -2.34. The van der Waals surface area contributed by atoms with Gasteiger partial charge < -0.3 is 14.7 Å². The SMILES string of the molecule is O=C(O)CC1COCCN1C(=O)c1cc(Br)sc1Br. The summed E-state index contributed by atoms with van der Waals surface area (Å²) in [5, 5.41) is 8.89. The van der Waals surface area contributed by atoms with Gasteiger partial charge in [-0.2, -0.15) is 0 Å². The van der Waals surface area contributed by atoms with Gasteiger partial charge in [0.2, 0.25) is 0 Å². The highest BCUT2D eigenvalue weighted by atomic mass is 79.9. The number of hydrogen-bond acceptors (Lipinski definition) is 4. The van der Waals surface area contributed by atoms with Crippen LogP contribution in [0.2, 0.25) is 0 Å². The summed E-state index contributed by atoms with van der Waals surface area (Å²) in [4.78, 5) is 24.9. The highest BCUT2D eigenvalue weighted by molar-refractivity contribution is 9.12. The number of carbonyl (C=O) groups excluding carboxylic acids is 1. The van der Waals surface area contributed by atoms with Crippen LogP contribution >= 0.6 is 43.2 Å². The van der Waals surface area contributed by atoms with E-state index in [4.69, 9.17) is 9.84 Å². The van der Waals surface area contributed by atoms with E-state index in [1.54, 1.807) is 11.0 Å². The third-order valence-corrected chi connectivity index (χ3v) is 5.13. The molecule has 2 heterocycles. The van der Waals surface area contributed by atoms with E-state index in [1.807, 2.05) is 0 Å². The highest BCUT2D eigenvalue weighted by Crippen LogP contribution is 2.33. The van der Waals surface area contributed by atoms with E-state index in [1.165, 1.54) is 11.3 Å². The first kappa shape index (κ1) is 15.0. The van der Waals surface area contributed by atoms with Crippen molar-refractivity contribution in [3.8, 4) is 0 Å². The fourth-order valence-electron chi connectivity index (χ4n) is 1.93. The number of hydrogen-bond donors (Lipinski definition) is 1. The van der Waals surface area contributed by atoms with Crippen molar-refractivity contribution >= 4 is 55.1 Å². The van der Waals surface area contributed by atoms with E-state index in [0.717, 1.165) is 7.57 Å². The van der Waals surface area contributed by atoms with Crippen molar-refractivity contribution in [2.24, 2.45) is 0 Å². The first-order chi connectivity index (χ1) is 8.99.